The molecule has 0 aliphatic carbocycles. The molecule has 1 saturated heterocycles. The van der Waals surface area contributed by atoms with Crippen molar-refractivity contribution < 1.29 is 28.5 Å². The van der Waals surface area contributed by atoms with Crippen molar-refractivity contribution in [3.05, 3.63) is 35.4 Å². The van der Waals surface area contributed by atoms with E-state index in [4.69, 9.17) is 12.6 Å². The lowest BCUT2D eigenvalue weighted by Gasteiger charge is -2.33. The van der Waals surface area contributed by atoms with Crippen LogP contribution in [0.5, 0.6) is 0 Å². The number of nitrogens with zero attached hydrogens (tertiary/aromatic N) is 1. The maximum absolute atomic E-state index is 13.4. The molecule has 1 aliphatic heterocycles. The third kappa shape index (κ3) is 3.71. The Bertz CT molecular complexity index is 579. The molecule has 1 heterocycles. The van der Waals surface area contributed by atoms with Crippen LogP contribution in [0.1, 0.15) is 19.4 Å². The van der Waals surface area contributed by atoms with Crippen LogP contribution in [0.25, 0.3) is 0 Å². The molecule has 2 N–H and O–H groups in total. The number of carbonyl (C=O) groups excluding carboxylic acids is 1. The zero-order chi connectivity index (χ0) is 17.4. The second kappa shape index (κ2) is 6.55. The van der Waals surface area contributed by atoms with Crippen LogP contribution in [-0.2, 0) is 11.2 Å². The average Bonchev–Trinajstić information content (AvgIpc) is 2.67. The van der Waals surface area contributed by atoms with Crippen molar-refractivity contribution in [3.8, 4) is 0 Å². The smallest absolute Gasteiger partial charge is 0.200 e. The van der Waals surface area contributed by atoms with Gasteiger partial charge in [-0.15, -0.1) is 0 Å². The predicted molar refractivity (Wildman–Crippen MR) is 78.9 cm³/mol. The zero-order valence-corrected chi connectivity index (χ0v) is 12.9. The average molecular weight is 325 g/mol. The fourth-order valence-corrected chi connectivity index (χ4v) is 3.06. The van der Waals surface area contributed by atoms with Gasteiger partial charge in [0.2, 0.25) is 7.85 Å². The highest BCUT2D eigenvalue weighted by molar-refractivity contribution is 6.57. The van der Waals surface area contributed by atoms with E-state index < -0.39 is 48.0 Å². The van der Waals surface area contributed by atoms with E-state index in [1.54, 1.807) is 13.8 Å². The Morgan fingerprint density at radius 3 is 2.43 bits per heavy atom. The third-order valence-corrected chi connectivity index (χ3v) is 3.89. The summed E-state index contributed by atoms with van der Waals surface area (Å²) in [6.07, 6.45) is -2.18. The van der Waals surface area contributed by atoms with E-state index in [0.29, 0.717) is 0 Å². The van der Waals surface area contributed by atoms with Crippen molar-refractivity contribution in [2.45, 2.75) is 44.2 Å². The normalized spacial score (nSPS) is 24.7. The summed E-state index contributed by atoms with van der Waals surface area (Å²) in [4.78, 5) is 13.0. The SMILES string of the molecule is [B]C(=O)N1[C@@H](Cc2cc(F)cc(F)c2)[C@@H](C(O)CO)OC1(C)C. The highest BCUT2D eigenvalue weighted by atomic mass is 19.1. The van der Waals surface area contributed by atoms with Gasteiger partial charge in [-0.05, 0) is 38.0 Å². The van der Waals surface area contributed by atoms with Crippen LogP contribution in [-0.4, -0.2) is 59.3 Å². The first kappa shape index (κ1) is 17.8. The molecule has 1 aromatic rings. The Hall–Kier alpha value is -1.51. The van der Waals surface area contributed by atoms with Crippen LogP contribution in [0, 0.1) is 11.6 Å². The lowest BCUT2D eigenvalue weighted by atomic mass is 9.94. The molecule has 3 atom stereocenters. The number of amides is 1. The second-order valence-electron chi connectivity index (χ2n) is 6.04. The first-order valence-electron chi connectivity index (χ1n) is 7.16. The van der Waals surface area contributed by atoms with E-state index in [1.165, 1.54) is 4.90 Å². The molecule has 124 valence electrons. The van der Waals surface area contributed by atoms with Gasteiger partial charge in [-0.3, -0.25) is 4.79 Å². The van der Waals surface area contributed by atoms with Crippen LogP contribution in [0.2, 0.25) is 0 Å². The lowest BCUT2D eigenvalue weighted by molar-refractivity contribution is -0.102. The number of carbonyl (C=O) groups is 1. The van der Waals surface area contributed by atoms with Gasteiger partial charge in [-0.1, -0.05) is 0 Å². The standard InChI is InChI=1S/C15H18BF2NO4/c1-15(2)19(14(16)22)11(13(23-15)12(21)7-20)5-8-3-9(17)6-10(18)4-8/h3-4,6,11-13,20-21H,5,7H2,1-2H3/t11-,12?,13-/m0/s1. The minimum absolute atomic E-state index is 0.0166. The van der Waals surface area contributed by atoms with Gasteiger partial charge in [0.15, 0.2) is 5.81 Å². The van der Waals surface area contributed by atoms with Crippen molar-refractivity contribution in [1.29, 1.82) is 0 Å². The Labute approximate surface area is 134 Å². The summed E-state index contributed by atoms with van der Waals surface area (Å²) >= 11 is 0. The number of rotatable bonds is 4. The van der Waals surface area contributed by atoms with E-state index >= 15 is 0 Å². The number of aliphatic hydroxyl groups is 2. The van der Waals surface area contributed by atoms with Crippen molar-refractivity contribution in [1.82, 2.24) is 4.90 Å². The number of benzene rings is 1. The molecule has 5 nitrogen and oxygen atoms in total. The molecule has 1 aliphatic rings. The minimum Gasteiger partial charge on any atom is -0.394 e. The van der Waals surface area contributed by atoms with Crippen LogP contribution < -0.4 is 0 Å². The molecule has 0 aromatic heterocycles. The molecular formula is C15H18BF2NO4. The van der Waals surface area contributed by atoms with E-state index in [2.05, 4.69) is 0 Å². The molecule has 1 amide bonds. The maximum atomic E-state index is 13.4. The number of hydrogen-bond acceptors (Lipinski definition) is 4. The Kier molecular flexibility index (Phi) is 5.08. The topological polar surface area (TPSA) is 70.0 Å². The maximum Gasteiger partial charge on any atom is 0.200 e. The van der Waals surface area contributed by atoms with Gasteiger partial charge in [0.25, 0.3) is 0 Å². The summed E-state index contributed by atoms with van der Waals surface area (Å²) in [5, 5.41) is 19.1. The highest BCUT2D eigenvalue weighted by Gasteiger charge is 2.50. The fraction of sp³-hybridized carbons (Fsp3) is 0.533. The van der Waals surface area contributed by atoms with Crippen LogP contribution >= 0.6 is 0 Å². The lowest BCUT2D eigenvalue weighted by Crippen LogP contribution is -2.50. The van der Waals surface area contributed by atoms with Crippen LogP contribution in [0.3, 0.4) is 0 Å². The molecule has 23 heavy (non-hydrogen) atoms. The summed E-state index contributed by atoms with van der Waals surface area (Å²) < 4.78 is 32.4. The highest BCUT2D eigenvalue weighted by Crippen LogP contribution is 2.35. The largest absolute Gasteiger partial charge is 0.394 e. The van der Waals surface area contributed by atoms with Crippen molar-refractivity contribution >= 4 is 13.7 Å². The number of halogens is 2. The molecule has 8 heteroatoms. The van der Waals surface area contributed by atoms with E-state index in [-0.39, 0.29) is 12.0 Å². The molecule has 1 fully saturated rings. The van der Waals surface area contributed by atoms with Crippen LogP contribution in [0.4, 0.5) is 13.6 Å². The van der Waals surface area contributed by atoms with Crippen molar-refractivity contribution in [2.75, 3.05) is 6.61 Å². The Morgan fingerprint density at radius 1 is 1.39 bits per heavy atom. The predicted octanol–water partition coefficient (Wildman–Crippen LogP) is 0.955. The van der Waals surface area contributed by atoms with Gasteiger partial charge in [0.1, 0.15) is 29.6 Å². The van der Waals surface area contributed by atoms with Gasteiger partial charge < -0.3 is 19.8 Å². The first-order valence-corrected chi connectivity index (χ1v) is 7.16. The molecule has 0 saturated carbocycles. The summed E-state index contributed by atoms with van der Waals surface area (Å²) in [5.74, 6) is -2.28. The molecule has 0 spiro atoms. The quantitative estimate of drug-likeness (QED) is 0.809. The second-order valence-corrected chi connectivity index (χ2v) is 6.04. The first-order chi connectivity index (χ1) is 10.7. The molecule has 1 unspecified atom stereocenters. The Morgan fingerprint density at radius 2 is 1.96 bits per heavy atom. The van der Waals surface area contributed by atoms with Gasteiger partial charge in [0.05, 0.1) is 12.6 Å². The summed E-state index contributed by atoms with van der Waals surface area (Å²) in [5.41, 5.74) is -0.835. The van der Waals surface area contributed by atoms with E-state index in [9.17, 15) is 23.8 Å². The number of aliphatic hydroxyl groups excluding tert-OH is 2. The van der Waals surface area contributed by atoms with Gasteiger partial charge in [0, 0.05) is 6.07 Å². The van der Waals surface area contributed by atoms with E-state index in [1.807, 2.05) is 0 Å². The van der Waals surface area contributed by atoms with Crippen molar-refractivity contribution in [3.63, 3.8) is 0 Å². The zero-order valence-electron chi connectivity index (χ0n) is 12.9. The molecule has 2 rings (SSSR count). The molecule has 2 radical (unpaired) electrons. The third-order valence-electron chi connectivity index (χ3n) is 3.89. The van der Waals surface area contributed by atoms with Gasteiger partial charge in [-0.2, -0.15) is 0 Å². The van der Waals surface area contributed by atoms with Crippen LogP contribution in [0.15, 0.2) is 18.2 Å². The van der Waals surface area contributed by atoms with E-state index in [0.717, 1.165) is 18.2 Å². The summed E-state index contributed by atoms with van der Waals surface area (Å²) in [7, 11) is 5.40. The molecule has 1 aromatic carbocycles. The number of hydrogen-bond donors (Lipinski definition) is 2. The summed E-state index contributed by atoms with van der Waals surface area (Å²) in [6.45, 7) is 2.59. The monoisotopic (exact) mass is 325 g/mol. The minimum atomic E-state index is -1.26. The van der Waals surface area contributed by atoms with Crippen molar-refractivity contribution in [2.24, 2.45) is 0 Å². The fourth-order valence-electron chi connectivity index (χ4n) is 3.06. The molecule has 0 bridgehead atoms. The van der Waals surface area contributed by atoms with Gasteiger partial charge >= 0.3 is 0 Å². The number of ether oxygens (including phenoxy) is 1. The summed E-state index contributed by atoms with van der Waals surface area (Å²) in [6, 6.07) is 2.24. The van der Waals surface area contributed by atoms with Gasteiger partial charge in [-0.25, -0.2) is 8.78 Å². The Balaban J connectivity index is 2.37. The molecular weight excluding hydrogens is 307 g/mol.